The zero-order chi connectivity index (χ0) is 13.9. The lowest BCUT2D eigenvalue weighted by molar-refractivity contribution is 0.0893. The van der Waals surface area contributed by atoms with Crippen molar-refractivity contribution in [1.29, 1.82) is 0 Å². The summed E-state index contributed by atoms with van der Waals surface area (Å²) < 4.78 is 5.53. The Labute approximate surface area is 126 Å². The van der Waals surface area contributed by atoms with Gasteiger partial charge in [0, 0.05) is 43.5 Å². The molecule has 2 fully saturated rings. The van der Waals surface area contributed by atoms with E-state index in [-0.39, 0.29) is 0 Å². The minimum atomic E-state index is 0.351. The molecule has 0 radical (unpaired) electrons. The SMILES string of the molecule is COC1CCCN(c2ccc(Cl)cc2CNC2CC2)C1. The molecule has 20 heavy (non-hydrogen) atoms. The van der Waals surface area contributed by atoms with E-state index in [0.717, 1.165) is 37.1 Å². The molecule has 1 saturated carbocycles. The third-order valence-electron chi connectivity index (χ3n) is 4.25. The topological polar surface area (TPSA) is 24.5 Å². The molecule has 2 aliphatic rings. The summed E-state index contributed by atoms with van der Waals surface area (Å²) in [6.45, 7) is 3.00. The minimum Gasteiger partial charge on any atom is -0.380 e. The van der Waals surface area contributed by atoms with Crippen LogP contribution in [0.25, 0.3) is 0 Å². The maximum absolute atomic E-state index is 6.17. The monoisotopic (exact) mass is 294 g/mol. The zero-order valence-electron chi connectivity index (χ0n) is 12.1. The summed E-state index contributed by atoms with van der Waals surface area (Å²) in [6, 6.07) is 6.97. The van der Waals surface area contributed by atoms with Gasteiger partial charge in [0.1, 0.15) is 0 Å². The molecule has 0 aromatic heterocycles. The van der Waals surface area contributed by atoms with Crippen LogP contribution >= 0.6 is 11.6 Å². The highest BCUT2D eigenvalue weighted by Gasteiger charge is 2.23. The highest BCUT2D eigenvalue weighted by Crippen LogP contribution is 2.29. The first-order valence-corrected chi connectivity index (χ1v) is 7.93. The van der Waals surface area contributed by atoms with Gasteiger partial charge in [0.2, 0.25) is 0 Å². The number of methoxy groups -OCH3 is 1. The maximum atomic E-state index is 6.17. The second kappa shape index (κ2) is 6.33. The number of anilines is 1. The van der Waals surface area contributed by atoms with Gasteiger partial charge in [0.25, 0.3) is 0 Å². The molecule has 0 bridgehead atoms. The van der Waals surface area contributed by atoms with Gasteiger partial charge in [-0.25, -0.2) is 0 Å². The summed E-state index contributed by atoms with van der Waals surface area (Å²) >= 11 is 6.17. The van der Waals surface area contributed by atoms with Crippen molar-refractivity contribution in [3.05, 3.63) is 28.8 Å². The summed E-state index contributed by atoms with van der Waals surface area (Å²) in [4.78, 5) is 2.44. The molecule has 1 aromatic carbocycles. The molecule has 1 saturated heterocycles. The van der Waals surface area contributed by atoms with Crippen LogP contribution in [0.2, 0.25) is 5.02 Å². The van der Waals surface area contributed by atoms with Crippen molar-refractivity contribution in [2.45, 2.75) is 44.4 Å². The fraction of sp³-hybridized carbons (Fsp3) is 0.625. The van der Waals surface area contributed by atoms with Gasteiger partial charge < -0.3 is 15.0 Å². The molecule has 110 valence electrons. The van der Waals surface area contributed by atoms with Crippen LogP contribution in [0.5, 0.6) is 0 Å². The van der Waals surface area contributed by atoms with Crippen molar-refractivity contribution in [1.82, 2.24) is 5.32 Å². The fourth-order valence-electron chi connectivity index (χ4n) is 2.90. The summed E-state index contributed by atoms with van der Waals surface area (Å²) in [5.74, 6) is 0. The van der Waals surface area contributed by atoms with Crippen molar-refractivity contribution in [2.24, 2.45) is 0 Å². The summed E-state index contributed by atoms with van der Waals surface area (Å²) in [5.41, 5.74) is 2.62. The van der Waals surface area contributed by atoms with E-state index in [1.165, 1.54) is 30.5 Å². The number of piperidine rings is 1. The van der Waals surface area contributed by atoms with Gasteiger partial charge >= 0.3 is 0 Å². The molecule has 1 aliphatic carbocycles. The largest absolute Gasteiger partial charge is 0.380 e. The zero-order valence-corrected chi connectivity index (χ0v) is 12.8. The van der Waals surface area contributed by atoms with E-state index < -0.39 is 0 Å². The number of ether oxygens (including phenoxy) is 1. The Morgan fingerprint density at radius 2 is 2.20 bits per heavy atom. The molecular weight excluding hydrogens is 272 g/mol. The van der Waals surface area contributed by atoms with E-state index in [2.05, 4.69) is 22.3 Å². The molecule has 1 unspecified atom stereocenters. The van der Waals surface area contributed by atoms with Gasteiger partial charge in [-0.1, -0.05) is 11.6 Å². The molecule has 3 nitrogen and oxygen atoms in total. The van der Waals surface area contributed by atoms with Crippen LogP contribution in [0.3, 0.4) is 0 Å². The van der Waals surface area contributed by atoms with Gasteiger partial charge in [-0.05, 0) is 49.4 Å². The molecule has 1 aromatic rings. The van der Waals surface area contributed by atoms with E-state index in [9.17, 15) is 0 Å². The first kappa shape index (κ1) is 14.2. The second-order valence-corrected chi connectivity index (χ2v) is 6.31. The third kappa shape index (κ3) is 3.46. The van der Waals surface area contributed by atoms with E-state index in [1.54, 1.807) is 0 Å². The molecular formula is C16H23ClN2O. The van der Waals surface area contributed by atoms with E-state index in [0.29, 0.717) is 6.10 Å². The van der Waals surface area contributed by atoms with Crippen LogP contribution in [0.4, 0.5) is 5.69 Å². The van der Waals surface area contributed by atoms with Gasteiger partial charge in [-0.3, -0.25) is 0 Å². The maximum Gasteiger partial charge on any atom is 0.0746 e. The van der Waals surface area contributed by atoms with Crippen LogP contribution < -0.4 is 10.2 Å². The third-order valence-corrected chi connectivity index (χ3v) is 4.49. The van der Waals surface area contributed by atoms with Gasteiger partial charge in [0.15, 0.2) is 0 Å². The quantitative estimate of drug-likeness (QED) is 0.902. The van der Waals surface area contributed by atoms with E-state index in [1.807, 2.05) is 13.2 Å². The number of hydrogen-bond acceptors (Lipinski definition) is 3. The van der Waals surface area contributed by atoms with Gasteiger partial charge in [-0.15, -0.1) is 0 Å². The van der Waals surface area contributed by atoms with Crippen LogP contribution in [0.1, 0.15) is 31.2 Å². The number of nitrogens with one attached hydrogen (secondary N) is 1. The normalized spacial score (nSPS) is 23.1. The van der Waals surface area contributed by atoms with Crippen LogP contribution in [0, 0.1) is 0 Å². The molecule has 0 spiro atoms. The first-order valence-electron chi connectivity index (χ1n) is 7.56. The van der Waals surface area contributed by atoms with Crippen molar-refractivity contribution >= 4 is 17.3 Å². The van der Waals surface area contributed by atoms with Crippen LogP contribution in [-0.2, 0) is 11.3 Å². The minimum absolute atomic E-state index is 0.351. The smallest absolute Gasteiger partial charge is 0.0746 e. The van der Waals surface area contributed by atoms with Gasteiger partial charge in [-0.2, -0.15) is 0 Å². The van der Waals surface area contributed by atoms with Crippen molar-refractivity contribution in [3.63, 3.8) is 0 Å². The average molecular weight is 295 g/mol. The molecule has 3 rings (SSSR count). The summed E-state index contributed by atoms with van der Waals surface area (Å²) in [6.07, 6.45) is 5.33. The lowest BCUT2D eigenvalue weighted by atomic mass is 10.0. The van der Waals surface area contributed by atoms with Crippen LogP contribution in [-0.4, -0.2) is 32.3 Å². The lowest BCUT2D eigenvalue weighted by Crippen LogP contribution is -2.40. The molecule has 1 N–H and O–H groups in total. The Bertz CT molecular complexity index is 462. The van der Waals surface area contributed by atoms with Gasteiger partial charge in [0.05, 0.1) is 6.10 Å². The molecule has 1 aliphatic heterocycles. The molecule has 1 atom stereocenters. The molecule has 0 amide bonds. The highest BCUT2D eigenvalue weighted by atomic mass is 35.5. The first-order chi connectivity index (χ1) is 9.76. The lowest BCUT2D eigenvalue weighted by Gasteiger charge is -2.35. The number of nitrogens with zero attached hydrogens (tertiary/aromatic N) is 1. The standard InChI is InChI=1S/C16H23ClN2O/c1-20-15-3-2-8-19(11-15)16-7-4-13(17)9-12(16)10-18-14-5-6-14/h4,7,9,14-15,18H,2-3,5-6,8,10-11H2,1H3. The predicted octanol–water partition coefficient (Wildman–Crippen LogP) is 3.21. The number of hydrogen-bond donors (Lipinski definition) is 1. The second-order valence-electron chi connectivity index (χ2n) is 5.87. The van der Waals surface area contributed by atoms with Crippen molar-refractivity contribution in [3.8, 4) is 0 Å². The molecule has 1 heterocycles. The van der Waals surface area contributed by atoms with Crippen molar-refractivity contribution in [2.75, 3.05) is 25.1 Å². The Kier molecular flexibility index (Phi) is 4.49. The van der Waals surface area contributed by atoms with Crippen molar-refractivity contribution < 1.29 is 4.74 Å². The van der Waals surface area contributed by atoms with Crippen LogP contribution in [0.15, 0.2) is 18.2 Å². The Balaban J connectivity index is 1.75. The van der Waals surface area contributed by atoms with E-state index >= 15 is 0 Å². The fourth-order valence-corrected chi connectivity index (χ4v) is 3.09. The highest BCUT2D eigenvalue weighted by molar-refractivity contribution is 6.30. The number of benzene rings is 1. The Morgan fingerprint density at radius 3 is 2.95 bits per heavy atom. The van der Waals surface area contributed by atoms with E-state index in [4.69, 9.17) is 16.3 Å². The average Bonchev–Trinajstić information content (AvgIpc) is 3.29. The molecule has 4 heteroatoms. The predicted molar refractivity (Wildman–Crippen MR) is 83.6 cm³/mol. The Hall–Kier alpha value is -0.770. The number of rotatable bonds is 5. The summed E-state index contributed by atoms with van der Waals surface area (Å²) in [7, 11) is 1.81. The summed E-state index contributed by atoms with van der Waals surface area (Å²) in [5, 5.41) is 4.41. The number of halogens is 1. The Morgan fingerprint density at radius 1 is 1.35 bits per heavy atom.